The summed E-state index contributed by atoms with van der Waals surface area (Å²) >= 11 is 0. The normalized spacial score (nSPS) is 10.9. The van der Waals surface area contributed by atoms with Crippen molar-refractivity contribution in [1.29, 1.82) is 0 Å². The van der Waals surface area contributed by atoms with Crippen LogP contribution in [0.2, 0.25) is 0 Å². The maximum Gasteiger partial charge on any atom is 0.271 e. The van der Waals surface area contributed by atoms with Gasteiger partial charge < -0.3 is 5.73 Å². The monoisotopic (exact) mass is 240 g/mol. The van der Waals surface area contributed by atoms with Crippen LogP contribution < -0.4 is 5.73 Å². The van der Waals surface area contributed by atoms with Crippen LogP contribution in [0.4, 0.5) is 11.4 Å². The van der Waals surface area contributed by atoms with Gasteiger partial charge in [0.2, 0.25) is 0 Å². The first kappa shape index (κ1) is 10.4. The first-order chi connectivity index (χ1) is 8.65. The van der Waals surface area contributed by atoms with Crippen LogP contribution in [-0.4, -0.2) is 14.9 Å². The number of rotatable bonds is 1. The molecule has 1 heterocycles. The first-order valence-corrected chi connectivity index (χ1v) is 5.25. The van der Waals surface area contributed by atoms with E-state index in [1.807, 2.05) is 0 Å². The molecular formula is C12H8N4O2. The predicted molar refractivity (Wildman–Crippen MR) is 68.1 cm³/mol. The highest BCUT2D eigenvalue weighted by Crippen LogP contribution is 2.23. The van der Waals surface area contributed by atoms with E-state index in [1.165, 1.54) is 12.1 Å². The van der Waals surface area contributed by atoms with Crippen molar-refractivity contribution in [3.63, 3.8) is 0 Å². The number of nitrogen functional groups attached to an aromatic ring is 1. The van der Waals surface area contributed by atoms with Crippen molar-refractivity contribution < 1.29 is 4.92 Å². The van der Waals surface area contributed by atoms with Gasteiger partial charge in [-0.2, -0.15) is 0 Å². The summed E-state index contributed by atoms with van der Waals surface area (Å²) in [5.74, 6) is 0. The molecule has 0 aliphatic carbocycles. The molecule has 6 heteroatoms. The molecule has 88 valence electrons. The molecule has 0 spiro atoms. The Morgan fingerprint density at radius 3 is 2.67 bits per heavy atom. The van der Waals surface area contributed by atoms with E-state index in [4.69, 9.17) is 5.73 Å². The minimum atomic E-state index is -0.454. The number of fused-ring (bicyclic) bond motifs is 2. The minimum Gasteiger partial charge on any atom is -0.397 e. The zero-order valence-electron chi connectivity index (χ0n) is 9.20. The zero-order chi connectivity index (χ0) is 12.7. The summed E-state index contributed by atoms with van der Waals surface area (Å²) < 4.78 is 0. The molecule has 0 unspecified atom stereocenters. The van der Waals surface area contributed by atoms with E-state index < -0.39 is 4.92 Å². The lowest BCUT2D eigenvalue weighted by atomic mass is 10.2. The Hall–Kier alpha value is -2.76. The number of nitro groups is 1. The quantitative estimate of drug-likeness (QED) is 0.304. The van der Waals surface area contributed by atoms with Crippen LogP contribution in [0.25, 0.3) is 22.1 Å². The van der Waals surface area contributed by atoms with Crippen molar-refractivity contribution in [1.82, 2.24) is 9.97 Å². The Labute approximate surface area is 101 Å². The van der Waals surface area contributed by atoms with Gasteiger partial charge in [-0.05, 0) is 18.2 Å². The van der Waals surface area contributed by atoms with E-state index in [9.17, 15) is 10.1 Å². The van der Waals surface area contributed by atoms with Gasteiger partial charge in [0, 0.05) is 12.1 Å². The lowest BCUT2D eigenvalue weighted by molar-refractivity contribution is -0.384. The second-order valence-electron chi connectivity index (χ2n) is 3.87. The summed E-state index contributed by atoms with van der Waals surface area (Å²) in [6.45, 7) is 0. The molecule has 0 aliphatic rings. The van der Waals surface area contributed by atoms with Gasteiger partial charge in [-0.15, -0.1) is 0 Å². The van der Waals surface area contributed by atoms with Crippen LogP contribution in [0.3, 0.4) is 0 Å². The number of para-hydroxylation sites is 1. The number of hydrogen-bond acceptors (Lipinski definition) is 5. The zero-order valence-corrected chi connectivity index (χ0v) is 9.20. The number of non-ortho nitro benzene ring substituents is 1. The molecule has 0 radical (unpaired) electrons. The molecule has 0 saturated carbocycles. The number of benzene rings is 2. The molecule has 0 saturated heterocycles. The number of aromatic nitrogens is 2. The molecule has 3 aromatic rings. The topological polar surface area (TPSA) is 94.9 Å². The lowest BCUT2D eigenvalue weighted by Gasteiger charge is -2.02. The maximum atomic E-state index is 10.7. The number of hydrogen-bond donors (Lipinski definition) is 1. The summed E-state index contributed by atoms with van der Waals surface area (Å²) in [6.07, 6.45) is 0. The second-order valence-corrected chi connectivity index (χ2v) is 3.87. The highest BCUT2D eigenvalue weighted by atomic mass is 16.6. The smallest absolute Gasteiger partial charge is 0.271 e. The average Bonchev–Trinajstić information content (AvgIpc) is 2.36. The van der Waals surface area contributed by atoms with E-state index in [0.717, 1.165) is 0 Å². The summed E-state index contributed by atoms with van der Waals surface area (Å²) in [7, 11) is 0. The Morgan fingerprint density at radius 1 is 1.06 bits per heavy atom. The van der Waals surface area contributed by atoms with Crippen molar-refractivity contribution in [2.45, 2.75) is 0 Å². The van der Waals surface area contributed by atoms with Gasteiger partial charge in [0.15, 0.2) is 0 Å². The number of nitrogens with two attached hydrogens (primary N) is 1. The van der Waals surface area contributed by atoms with Gasteiger partial charge in [0.05, 0.1) is 27.2 Å². The van der Waals surface area contributed by atoms with Crippen LogP contribution in [0, 0.1) is 10.1 Å². The molecule has 2 N–H and O–H groups in total. The van der Waals surface area contributed by atoms with Gasteiger partial charge >= 0.3 is 0 Å². The fraction of sp³-hybridized carbons (Fsp3) is 0. The van der Waals surface area contributed by atoms with Gasteiger partial charge in [-0.3, -0.25) is 10.1 Å². The number of nitrogens with zero attached hydrogens (tertiary/aromatic N) is 3. The highest BCUT2D eigenvalue weighted by molar-refractivity contribution is 5.93. The van der Waals surface area contributed by atoms with Crippen LogP contribution in [0.1, 0.15) is 0 Å². The molecule has 6 nitrogen and oxygen atoms in total. The Bertz CT molecular complexity index is 785. The fourth-order valence-corrected chi connectivity index (χ4v) is 1.82. The van der Waals surface area contributed by atoms with Crippen LogP contribution in [-0.2, 0) is 0 Å². The number of nitro benzene ring substituents is 1. The van der Waals surface area contributed by atoms with E-state index in [2.05, 4.69) is 9.97 Å². The SMILES string of the molecule is Nc1cccc2nc3cc([N+](=O)[O-])ccc3nc12. The van der Waals surface area contributed by atoms with E-state index in [-0.39, 0.29) is 5.69 Å². The molecular weight excluding hydrogens is 232 g/mol. The van der Waals surface area contributed by atoms with Crippen LogP contribution in [0.5, 0.6) is 0 Å². The molecule has 2 aromatic carbocycles. The van der Waals surface area contributed by atoms with Gasteiger partial charge in [0.1, 0.15) is 5.52 Å². The van der Waals surface area contributed by atoms with Crippen molar-refractivity contribution >= 4 is 33.4 Å². The third-order valence-electron chi connectivity index (χ3n) is 2.69. The van der Waals surface area contributed by atoms with E-state index in [0.29, 0.717) is 27.8 Å². The summed E-state index contributed by atoms with van der Waals surface area (Å²) in [5, 5.41) is 10.7. The Balaban J connectivity index is 2.38. The molecule has 0 atom stereocenters. The molecule has 1 aromatic heterocycles. The standard InChI is InChI=1S/C12H8N4O2/c13-8-2-1-3-10-12(8)15-9-5-4-7(16(17)18)6-11(9)14-10/h1-6H,13H2. The Kier molecular flexibility index (Phi) is 2.09. The van der Waals surface area contributed by atoms with Crippen LogP contribution in [0.15, 0.2) is 36.4 Å². The minimum absolute atomic E-state index is 0.0000491. The average molecular weight is 240 g/mol. The second kappa shape index (κ2) is 3.63. The lowest BCUT2D eigenvalue weighted by Crippen LogP contribution is -1.94. The summed E-state index contributed by atoms with van der Waals surface area (Å²) in [5.41, 5.74) is 8.67. The van der Waals surface area contributed by atoms with Crippen molar-refractivity contribution in [3.05, 3.63) is 46.5 Å². The molecule has 18 heavy (non-hydrogen) atoms. The van der Waals surface area contributed by atoms with Gasteiger partial charge in [0.25, 0.3) is 5.69 Å². The maximum absolute atomic E-state index is 10.7. The molecule has 0 fully saturated rings. The fourth-order valence-electron chi connectivity index (χ4n) is 1.82. The largest absolute Gasteiger partial charge is 0.397 e. The molecule has 0 amide bonds. The van der Waals surface area contributed by atoms with Crippen molar-refractivity contribution in [2.75, 3.05) is 5.73 Å². The predicted octanol–water partition coefficient (Wildman–Crippen LogP) is 2.27. The summed E-state index contributed by atoms with van der Waals surface area (Å²) in [4.78, 5) is 18.9. The number of anilines is 1. The third kappa shape index (κ3) is 1.51. The van der Waals surface area contributed by atoms with E-state index >= 15 is 0 Å². The molecule has 3 rings (SSSR count). The van der Waals surface area contributed by atoms with Crippen molar-refractivity contribution in [3.8, 4) is 0 Å². The van der Waals surface area contributed by atoms with Gasteiger partial charge in [-0.1, -0.05) is 6.07 Å². The Morgan fingerprint density at radius 2 is 1.89 bits per heavy atom. The molecule has 0 bridgehead atoms. The van der Waals surface area contributed by atoms with Crippen LogP contribution >= 0.6 is 0 Å². The first-order valence-electron chi connectivity index (χ1n) is 5.25. The highest BCUT2D eigenvalue weighted by Gasteiger charge is 2.09. The van der Waals surface area contributed by atoms with Gasteiger partial charge in [-0.25, -0.2) is 9.97 Å². The third-order valence-corrected chi connectivity index (χ3v) is 2.69. The van der Waals surface area contributed by atoms with E-state index in [1.54, 1.807) is 24.3 Å². The summed E-state index contributed by atoms with van der Waals surface area (Å²) in [6, 6.07) is 9.68. The molecule has 0 aliphatic heterocycles. The van der Waals surface area contributed by atoms with Crippen molar-refractivity contribution in [2.24, 2.45) is 0 Å².